The van der Waals surface area contributed by atoms with Crippen molar-refractivity contribution in [1.29, 1.82) is 0 Å². The number of carbonyl (C=O) groups excluding carboxylic acids is 1. The van der Waals surface area contributed by atoms with Crippen molar-refractivity contribution in [3.05, 3.63) is 36.7 Å². The molecule has 1 aliphatic heterocycles. The number of fused-ring (bicyclic) bond motifs is 2. The smallest absolute Gasteiger partial charge is 0.228 e. The first kappa shape index (κ1) is 16.8. The van der Waals surface area contributed by atoms with E-state index in [-0.39, 0.29) is 11.8 Å². The van der Waals surface area contributed by atoms with Crippen LogP contribution in [0.1, 0.15) is 12.8 Å². The summed E-state index contributed by atoms with van der Waals surface area (Å²) >= 11 is 0. The summed E-state index contributed by atoms with van der Waals surface area (Å²) in [4.78, 5) is 21.1. The van der Waals surface area contributed by atoms with Crippen molar-refractivity contribution in [2.45, 2.75) is 12.8 Å². The number of nitrogens with zero attached hydrogens (tertiary/aromatic N) is 2. The molecule has 1 aliphatic carbocycles. The van der Waals surface area contributed by atoms with Crippen molar-refractivity contribution < 1.29 is 14.3 Å². The number of nitrogens with one attached hydrogen (secondary N) is 2. The Morgan fingerprint density at radius 2 is 1.86 bits per heavy atom. The summed E-state index contributed by atoms with van der Waals surface area (Å²) in [7, 11) is 1.83. The number of anilines is 2. The van der Waals surface area contributed by atoms with Crippen LogP contribution in [0.4, 0.5) is 11.6 Å². The minimum Gasteiger partial charge on any atom is -0.486 e. The standard InChI is InChI=1S/C21H20N4O3/c1-22-20-16-11-23-19(25-21(26)12-2-3-12)9-14(16)15(10-24-20)13-4-5-17-18(8-13)28-7-6-27-17/h4-5,8-12H,2-3,6-7H2,1H3,(H,22,24)(H,23,25,26). The first-order valence-electron chi connectivity index (χ1n) is 9.40. The van der Waals surface area contributed by atoms with E-state index in [9.17, 15) is 4.79 Å². The molecule has 0 atom stereocenters. The van der Waals surface area contributed by atoms with Gasteiger partial charge in [0.25, 0.3) is 0 Å². The van der Waals surface area contributed by atoms with Crippen LogP contribution in [0.15, 0.2) is 36.7 Å². The zero-order valence-electron chi connectivity index (χ0n) is 15.5. The number of pyridine rings is 2. The van der Waals surface area contributed by atoms with Gasteiger partial charge in [-0.15, -0.1) is 0 Å². The van der Waals surface area contributed by atoms with Gasteiger partial charge in [0.2, 0.25) is 5.91 Å². The monoisotopic (exact) mass is 376 g/mol. The summed E-state index contributed by atoms with van der Waals surface area (Å²) in [5, 5.41) is 7.87. The van der Waals surface area contributed by atoms with Gasteiger partial charge in [0.05, 0.1) is 0 Å². The molecule has 2 aliphatic rings. The Bertz CT molecular complexity index is 1080. The van der Waals surface area contributed by atoms with Crippen LogP contribution in [-0.4, -0.2) is 36.1 Å². The number of benzene rings is 1. The minimum atomic E-state index is 0.0376. The fraction of sp³-hybridized carbons (Fsp3) is 0.286. The lowest BCUT2D eigenvalue weighted by atomic mass is 10.0. The van der Waals surface area contributed by atoms with Crippen molar-refractivity contribution in [1.82, 2.24) is 9.97 Å². The van der Waals surface area contributed by atoms with Gasteiger partial charge in [0, 0.05) is 36.3 Å². The molecule has 0 spiro atoms. The molecule has 5 rings (SSSR count). The van der Waals surface area contributed by atoms with E-state index in [0.717, 1.165) is 52.1 Å². The SMILES string of the molecule is CNc1ncc(-c2ccc3c(c2)OCCO3)c2cc(NC(=O)C3CC3)ncc12. The molecule has 2 aromatic heterocycles. The highest BCUT2D eigenvalue weighted by Gasteiger charge is 2.29. The first-order valence-corrected chi connectivity index (χ1v) is 9.40. The van der Waals surface area contributed by atoms with Crippen molar-refractivity contribution in [2.75, 3.05) is 30.9 Å². The first-order chi connectivity index (χ1) is 13.7. The summed E-state index contributed by atoms with van der Waals surface area (Å²) in [6.45, 7) is 1.10. The van der Waals surface area contributed by atoms with E-state index in [0.29, 0.717) is 19.0 Å². The van der Waals surface area contributed by atoms with Gasteiger partial charge in [0.15, 0.2) is 11.5 Å². The Hall–Kier alpha value is -3.35. The van der Waals surface area contributed by atoms with Crippen LogP contribution in [0.3, 0.4) is 0 Å². The number of carbonyl (C=O) groups is 1. The maximum atomic E-state index is 12.1. The van der Waals surface area contributed by atoms with E-state index in [2.05, 4.69) is 20.6 Å². The maximum absolute atomic E-state index is 12.1. The van der Waals surface area contributed by atoms with Crippen LogP contribution in [0.2, 0.25) is 0 Å². The lowest BCUT2D eigenvalue weighted by molar-refractivity contribution is -0.117. The van der Waals surface area contributed by atoms with Crippen LogP contribution in [0, 0.1) is 5.92 Å². The normalized spacial score (nSPS) is 15.3. The van der Waals surface area contributed by atoms with Gasteiger partial charge in [0.1, 0.15) is 24.8 Å². The third kappa shape index (κ3) is 2.98. The topological polar surface area (TPSA) is 85.4 Å². The Morgan fingerprint density at radius 3 is 2.64 bits per heavy atom. The van der Waals surface area contributed by atoms with Gasteiger partial charge in [-0.3, -0.25) is 4.79 Å². The second kappa shape index (κ2) is 6.67. The van der Waals surface area contributed by atoms with Gasteiger partial charge >= 0.3 is 0 Å². The van der Waals surface area contributed by atoms with Crippen molar-refractivity contribution >= 4 is 28.3 Å². The summed E-state index contributed by atoms with van der Waals surface area (Å²) < 4.78 is 11.3. The molecule has 1 aromatic carbocycles. The van der Waals surface area contributed by atoms with E-state index in [4.69, 9.17) is 9.47 Å². The predicted molar refractivity (Wildman–Crippen MR) is 107 cm³/mol. The third-order valence-corrected chi connectivity index (χ3v) is 5.06. The summed E-state index contributed by atoms with van der Waals surface area (Å²) in [6.07, 6.45) is 5.48. The van der Waals surface area contributed by atoms with Crippen LogP contribution < -0.4 is 20.1 Å². The molecule has 0 radical (unpaired) electrons. The number of hydrogen-bond donors (Lipinski definition) is 2. The highest BCUT2D eigenvalue weighted by atomic mass is 16.6. The fourth-order valence-corrected chi connectivity index (χ4v) is 3.42. The number of amides is 1. The Balaban J connectivity index is 1.61. The third-order valence-electron chi connectivity index (χ3n) is 5.06. The molecular weight excluding hydrogens is 356 g/mol. The average Bonchev–Trinajstić information content (AvgIpc) is 3.58. The molecule has 1 amide bonds. The summed E-state index contributed by atoms with van der Waals surface area (Å²) in [5.41, 5.74) is 1.91. The van der Waals surface area contributed by atoms with Crippen LogP contribution in [0.25, 0.3) is 21.9 Å². The molecule has 2 N–H and O–H groups in total. The molecule has 142 valence electrons. The van der Waals surface area contributed by atoms with Crippen molar-refractivity contribution in [3.8, 4) is 22.6 Å². The van der Waals surface area contributed by atoms with Crippen LogP contribution in [0.5, 0.6) is 11.5 Å². The molecule has 28 heavy (non-hydrogen) atoms. The molecule has 3 aromatic rings. The molecule has 3 heterocycles. The Labute approximate surface area is 162 Å². The minimum absolute atomic E-state index is 0.0376. The van der Waals surface area contributed by atoms with Crippen molar-refractivity contribution in [3.63, 3.8) is 0 Å². The number of ether oxygens (including phenoxy) is 2. The molecule has 7 heteroatoms. The Kier molecular flexibility index (Phi) is 4.00. The highest BCUT2D eigenvalue weighted by Crippen LogP contribution is 2.38. The van der Waals surface area contributed by atoms with E-state index in [1.54, 1.807) is 6.20 Å². The summed E-state index contributed by atoms with van der Waals surface area (Å²) in [6, 6.07) is 7.78. The number of aromatic nitrogens is 2. The largest absolute Gasteiger partial charge is 0.486 e. The molecular formula is C21H20N4O3. The second-order valence-corrected chi connectivity index (χ2v) is 7.01. The highest BCUT2D eigenvalue weighted by molar-refractivity contribution is 6.04. The fourth-order valence-electron chi connectivity index (χ4n) is 3.42. The average molecular weight is 376 g/mol. The zero-order chi connectivity index (χ0) is 19.1. The molecule has 1 fully saturated rings. The van der Waals surface area contributed by atoms with Crippen molar-refractivity contribution in [2.24, 2.45) is 5.92 Å². The van der Waals surface area contributed by atoms with Gasteiger partial charge in [-0.25, -0.2) is 9.97 Å². The van der Waals surface area contributed by atoms with Gasteiger partial charge < -0.3 is 20.1 Å². The van der Waals surface area contributed by atoms with E-state index < -0.39 is 0 Å². The molecule has 0 saturated heterocycles. The predicted octanol–water partition coefficient (Wildman–Crippen LogP) is 3.46. The quantitative estimate of drug-likeness (QED) is 0.725. The lowest BCUT2D eigenvalue weighted by Gasteiger charge is -2.19. The summed E-state index contributed by atoms with van der Waals surface area (Å²) in [5.74, 6) is 2.93. The van der Waals surface area contributed by atoms with Crippen LogP contribution >= 0.6 is 0 Å². The zero-order valence-corrected chi connectivity index (χ0v) is 15.5. The van der Waals surface area contributed by atoms with E-state index in [1.165, 1.54) is 0 Å². The van der Waals surface area contributed by atoms with Gasteiger partial charge in [-0.2, -0.15) is 0 Å². The van der Waals surface area contributed by atoms with E-state index in [1.807, 2.05) is 37.5 Å². The number of rotatable bonds is 4. The number of hydrogen-bond acceptors (Lipinski definition) is 6. The molecule has 7 nitrogen and oxygen atoms in total. The maximum Gasteiger partial charge on any atom is 0.228 e. The molecule has 0 bridgehead atoms. The van der Waals surface area contributed by atoms with Crippen LogP contribution in [-0.2, 0) is 4.79 Å². The lowest BCUT2D eigenvalue weighted by Crippen LogP contribution is -2.15. The Morgan fingerprint density at radius 1 is 1.04 bits per heavy atom. The molecule has 1 saturated carbocycles. The second-order valence-electron chi connectivity index (χ2n) is 7.01. The van der Waals surface area contributed by atoms with Gasteiger partial charge in [-0.05, 0) is 42.0 Å². The van der Waals surface area contributed by atoms with E-state index >= 15 is 0 Å². The molecule has 0 unspecified atom stereocenters. The van der Waals surface area contributed by atoms with Gasteiger partial charge in [-0.1, -0.05) is 6.07 Å².